The summed E-state index contributed by atoms with van der Waals surface area (Å²) in [5, 5.41) is 0. The van der Waals surface area contributed by atoms with E-state index < -0.39 is 0 Å². The molecule has 0 atom stereocenters. The molecule has 0 unspecified atom stereocenters. The fraction of sp³-hybridized carbons (Fsp3) is 0.548. The van der Waals surface area contributed by atoms with E-state index in [1.807, 2.05) is 24.3 Å². The maximum atomic E-state index is 14.8. The average Bonchev–Trinajstić information content (AvgIpc) is 2.82. The number of hydrogen-bond donors (Lipinski definition) is 0. The van der Waals surface area contributed by atoms with Crippen LogP contribution in [0.5, 0.6) is 0 Å². The van der Waals surface area contributed by atoms with Crippen LogP contribution in [0.3, 0.4) is 0 Å². The van der Waals surface area contributed by atoms with Gasteiger partial charge in [-0.15, -0.1) is 0 Å². The Labute approximate surface area is 196 Å². The molecule has 1 heteroatoms. The quantitative estimate of drug-likeness (QED) is 0.259. The third-order valence-electron chi connectivity index (χ3n) is 7.04. The first kappa shape index (κ1) is 24.6. The van der Waals surface area contributed by atoms with Crippen molar-refractivity contribution in [3.63, 3.8) is 0 Å². The second-order valence-corrected chi connectivity index (χ2v) is 9.68. The number of unbranched alkanes of at least 4 members (excludes halogenated alkanes) is 5. The zero-order valence-electron chi connectivity index (χ0n) is 20.3. The van der Waals surface area contributed by atoms with Gasteiger partial charge < -0.3 is 0 Å². The molecule has 1 saturated carbocycles. The van der Waals surface area contributed by atoms with Crippen LogP contribution in [0.15, 0.2) is 42.5 Å². The van der Waals surface area contributed by atoms with Crippen LogP contribution in [0, 0.1) is 29.5 Å². The summed E-state index contributed by atoms with van der Waals surface area (Å²) >= 11 is 0. The van der Waals surface area contributed by atoms with Crippen molar-refractivity contribution in [1.82, 2.24) is 0 Å². The molecule has 0 N–H and O–H groups in total. The van der Waals surface area contributed by atoms with Crippen LogP contribution < -0.4 is 0 Å². The molecular weight excluding hydrogens is 391 g/mol. The zero-order valence-corrected chi connectivity index (χ0v) is 20.3. The first-order chi connectivity index (χ1) is 15.7. The minimum atomic E-state index is -0.176. The lowest BCUT2D eigenvalue weighted by Crippen LogP contribution is -2.13. The number of rotatable bonds is 10. The highest BCUT2D eigenvalue weighted by molar-refractivity contribution is 5.65. The molecule has 32 heavy (non-hydrogen) atoms. The molecule has 2 aromatic carbocycles. The molecule has 0 heterocycles. The van der Waals surface area contributed by atoms with Gasteiger partial charge in [-0.25, -0.2) is 4.39 Å². The van der Waals surface area contributed by atoms with Gasteiger partial charge in [-0.1, -0.05) is 101 Å². The van der Waals surface area contributed by atoms with Gasteiger partial charge in [0, 0.05) is 17.0 Å². The monoisotopic (exact) mass is 432 g/mol. The summed E-state index contributed by atoms with van der Waals surface area (Å²) in [4.78, 5) is 0. The van der Waals surface area contributed by atoms with Crippen molar-refractivity contribution in [2.24, 2.45) is 11.8 Å². The third-order valence-corrected chi connectivity index (χ3v) is 7.04. The van der Waals surface area contributed by atoms with Crippen LogP contribution in [-0.4, -0.2) is 0 Å². The van der Waals surface area contributed by atoms with Gasteiger partial charge in [0.1, 0.15) is 5.82 Å². The first-order valence-electron chi connectivity index (χ1n) is 13.1. The molecule has 0 bridgehead atoms. The van der Waals surface area contributed by atoms with E-state index in [1.54, 1.807) is 6.07 Å². The molecule has 0 aliphatic heterocycles. The predicted octanol–water partition coefficient (Wildman–Crippen LogP) is 9.35. The van der Waals surface area contributed by atoms with E-state index in [9.17, 15) is 4.39 Å². The van der Waals surface area contributed by atoms with E-state index in [0.29, 0.717) is 11.5 Å². The maximum Gasteiger partial charge on any atom is 0.132 e. The SMILES string of the molecule is CCCCCCC[C@H]1CC[C@H](C#Cc2ccc(-c3ccc(CCCC)cc3)c(F)c2)CC1. The lowest BCUT2D eigenvalue weighted by molar-refractivity contribution is 0.294. The van der Waals surface area contributed by atoms with Gasteiger partial charge in [0.25, 0.3) is 0 Å². The number of benzene rings is 2. The van der Waals surface area contributed by atoms with Crippen molar-refractivity contribution in [3.8, 4) is 23.0 Å². The van der Waals surface area contributed by atoms with Crippen LogP contribution in [0.1, 0.15) is 102 Å². The lowest BCUT2D eigenvalue weighted by atomic mass is 9.80. The summed E-state index contributed by atoms with van der Waals surface area (Å²) in [6, 6.07) is 13.8. The third kappa shape index (κ3) is 7.81. The Bertz CT molecular complexity index is 860. The summed E-state index contributed by atoms with van der Waals surface area (Å²) in [6.07, 6.45) is 16.8. The second kappa shape index (κ2) is 13.5. The molecule has 172 valence electrons. The molecule has 0 aromatic heterocycles. The Morgan fingerprint density at radius 1 is 0.812 bits per heavy atom. The number of halogens is 1. The van der Waals surface area contributed by atoms with Crippen molar-refractivity contribution in [1.29, 1.82) is 0 Å². The predicted molar refractivity (Wildman–Crippen MR) is 136 cm³/mol. The molecule has 0 radical (unpaired) electrons. The molecule has 1 fully saturated rings. The Morgan fingerprint density at radius 3 is 2.22 bits per heavy atom. The molecular formula is C31H41F. The first-order valence-corrected chi connectivity index (χ1v) is 13.1. The smallest absolute Gasteiger partial charge is 0.132 e. The van der Waals surface area contributed by atoms with Crippen molar-refractivity contribution >= 4 is 0 Å². The van der Waals surface area contributed by atoms with Crippen LogP contribution in [0.2, 0.25) is 0 Å². The molecule has 3 rings (SSSR count). The van der Waals surface area contributed by atoms with Crippen molar-refractivity contribution in [3.05, 3.63) is 59.4 Å². The summed E-state index contributed by atoms with van der Waals surface area (Å²) in [5.74, 6) is 7.90. The van der Waals surface area contributed by atoms with Gasteiger partial charge in [0.15, 0.2) is 0 Å². The Morgan fingerprint density at radius 2 is 1.53 bits per heavy atom. The van der Waals surface area contributed by atoms with E-state index in [4.69, 9.17) is 0 Å². The van der Waals surface area contributed by atoms with Gasteiger partial charge in [-0.05, 0) is 67.7 Å². The van der Waals surface area contributed by atoms with Gasteiger partial charge in [-0.3, -0.25) is 0 Å². The molecule has 0 saturated heterocycles. The topological polar surface area (TPSA) is 0 Å². The molecule has 1 aliphatic carbocycles. The minimum absolute atomic E-state index is 0.176. The maximum absolute atomic E-state index is 14.8. The second-order valence-electron chi connectivity index (χ2n) is 9.68. The minimum Gasteiger partial charge on any atom is -0.206 e. The lowest BCUT2D eigenvalue weighted by Gasteiger charge is -2.25. The van der Waals surface area contributed by atoms with Gasteiger partial charge in [-0.2, -0.15) is 0 Å². The molecule has 2 aromatic rings. The van der Waals surface area contributed by atoms with Gasteiger partial charge >= 0.3 is 0 Å². The van der Waals surface area contributed by atoms with E-state index in [0.717, 1.165) is 23.5 Å². The van der Waals surface area contributed by atoms with Gasteiger partial charge in [0.05, 0.1) is 0 Å². The van der Waals surface area contributed by atoms with Crippen LogP contribution in [0.4, 0.5) is 4.39 Å². The van der Waals surface area contributed by atoms with Gasteiger partial charge in [0.2, 0.25) is 0 Å². The van der Waals surface area contributed by atoms with Crippen molar-refractivity contribution in [2.75, 3.05) is 0 Å². The summed E-state index contributed by atoms with van der Waals surface area (Å²) in [6.45, 7) is 4.48. The Balaban J connectivity index is 1.49. The summed E-state index contributed by atoms with van der Waals surface area (Å²) in [7, 11) is 0. The molecule has 0 amide bonds. The zero-order chi connectivity index (χ0) is 22.6. The van der Waals surface area contributed by atoms with Crippen LogP contribution in [-0.2, 0) is 6.42 Å². The number of aryl methyl sites for hydroxylation is 1. The van der Waals surface area contributed by atoms with Crippen molar-refractivity contribution in [2.45, 2.75) is 97.3 Å². The number of hydrogen-bond acceptors (Lipinski definition) is 0. The highest BCUT2D eigenvalue weighted by Crippen LogP contribution is 2.32. The largest absolute Gasteiger partial charge is 0.206 e. The highest BCUT2D eigenvalue weighted by atomic mass is 19.1. The highest BCUT2D eigenvalue weighted by Gasteiger charge is 2.19. The fourth-order valence-electron chi connectivity index (χ4n) is 4.88. The van der Waals surface area contributed by atoms with E-state index in [1.165, 1.54) is 82.6 Å². The average molecular weight is 433 g/mol. The standard InChI is InChI=1S/C31H41F/c1-3-5-7-8-9-11-26-12-14-27(15-13-26)16-17-28-20-23-30(31(32)24-28)29-21-18-25(19-22-29)10-6-4-2/h18-24,26-27H,3-15H2,1-2H3/t26-,27-. The molecule has 0 nitrogen and oxygen atoms in total. The Hall–Kier alpha value is -2.07. The molecule has 1 aliphatic rings. The summed E-state index contributed by atoms with van der Waals surface area (Å²) < 4.78 is 14.8. The molecule has 0 spiro atoms. The summed E-state index contributed by atoms with van der Waals surface area (Å²) in [5.41, 5.74) is 3.72. The van der Waals surface area contributed by atoms with Crippen molar-refractivity contribution < 1.29 is 4.39 Å². The Kier molecular flexibility index (Phi) is 10.3. The van der Waals surface area contributed by atoms with E-state index in [2.05, 4.69) is 37.8 Å². The van der Waals surface area contributed by atoms with Crippen LogP contribution in [0.25, 0.3) is 11.1 Å². The van der Waals surface area contributed by atoms with E-state index >= 15 is 0 Å². The normalized spacial score (nSPS) is 18.2. The fourth-order valence-corrected chi connectivity index (χ4v) is 4.88. The van der Waals surface area contributed by atoms with Crippen LogP contribution >= 0.6 is 0 Å². The van der Waals surface area contributed by atoms with E-state index in [-0.39, 0.29) is 5.82 Å².